The van der Waals surface area contributed by atoms with Crippen molar-refractivity contribution in [3.8, 4) is 0 Å². The molecule has 2 amide bonds. The minimum atomic E-state index is -0.357. The molecule has 2 rings (SSSR count). The summed E-state index contributed by atoms with van der Waals surface area (Å²) in [5, 5.41) is 2.54. The van der Waals surface area contributed by atoms with Gasteiger partial charge in [0.2, 0.25) is 11.8 Å². The molecule has 25 heavy (non-hydrogen) atoms. The minimum Gasteiger partial charge on any atom is -0.303 e. The van der Waals surface area contributed by atoms with E-state index in [2.05, 4.69) is 21.1 Å². The molecule has 0 unspecified atom stereocenters. The number of hydrazine groups is 1. The highest BCUT2D eigenvalue weighted by Crippen LogP contribution is 2.08. The largest absolute Gasteiger partial charge is 0.303 e. The first-order valence-corrected chi connectivity index (χ1v) is 8.89. The molecule has 1 aliphatic heterocycles. The van der Waals surface area contributed by atoms with E-state index in [0.29, 0.717) is 6.42 Å². The fraction of sp³-hybridized carbons (Fsp3) is 0.389. The van der Waals surface area contributed by atoms with Crippen molar-refractivity contribution in [1.82, 2.24) is 21.1 Å². The SMILES string of the molecule is O=C(/C=C/c1ccccc1)NC(=S)NNC(=O)CCN1CCCCC1. The van der Waals surface area contributed by atoms with Crippen molar-refractivity contribution in [3.05, 3.63) is 42.0 Å². The van der Waals surface area contributed by atoms with Crippen molar-refractivity contribution in [2.45, 2.75) is 25.7 Å². The number of hydrogen-bond acceptors (Lipinski definition) is 4. The molecular formula is C18H24N4O2S. The average molecular weight is 360 g/mol. The first-order valence-electron chi connectivity index (χ1n) is 8.49. The molecule has 1 heterocycles. The highest BCUT2D eigenvalue weighted by molar-refractivity contribution is 7.80. The second-order valence-electron chi connectivity index (χ2n) is 5.89. The smallest absolute Gasteiger partial charge is 0.250 e. The van der Waals surface area contributed by atoms with Crippen LogP contribution in [0.25, 0.3) is 6.08 Å². The number of hydrogen-bond donors (Lipinski definition) is 3. The number of likely N-dealkylation sites (tertiary alicyclic amines) is 1. The Labute approximate surface area is 153 Å². The summed E-state index contributed by atoms with van der Waals surface area (Å²) < 4.78 is 0. The maximum Gasteiger partial charge on any atom is 0.250 e. The molecule has 0 atom stereocenters. The molecule has 3 N–H and O–H groups in total. The van der Waals surface area contributed by atoms with Crippen LogP contribution in [0.15, 0.2) is 36.4 Å². The molecule has 0 aliphatic carbocycles. The molecule has 0 radical (unpaired) electrons. The van der Waals surface area contributed by atoms with Gasteiger partial charge in [-0.1, -0.05) is 36.8 Å². The molecule has 0 spiro atoms. The van der Waals surface area contributed by atoms with Crippen molar-refractivity contribution in [1.29, 1.82) is 0 Å². The van der Waals surface area contributed by atoms with Gasteiger partial charge in [0.15, 0.2) is 5.11 Å². The van der Waals surface area contributed by atoms with E-state index in [0.717, 1.165) is 25.2 Å². The molecule has 1 aliphatic rings. The lowest BCUT2D eigenvalue weighted by Crippen LogP contribution is -2.48. The lowest BCUT2D eigenvalue weighted by Gasteiger charge is -2.25. The van der Waals surface area contributed by atoms with E-state index in [1.54, 1.807) is 6.08 Å². The predicted octanol–water partition coefficient (Wildman–Crippen LogP) is 1.60. The van der Waals surface area contributed by atoms with Gasteiger partial charge < -0.3 is 4.90 Å². The summed E-state index contributed by atoms with van der Waals surface area (Å²) in [5.41, 5.74) is 5.97. The second-order valence-corrected chi connectivity index (χ2v) is 6.30. The van der Waals surface area contributed by atoms with Crippen LogP contribution in [0.5, 0.6) is 0 Å². The highest BCUT2D eigenvalue weighted by Gasteiger charge is 2.11. The van der Waals surface area contributed by atoms with Crippen molar-refractivity contribution in [2.75, 3.05) is 19.6 Å². The molecule has 134 valence electrons. The molecular weight excluding hydrogens is 336 g/mol. The second kappa shape index (κ2) is 10.6. The summed E-state index contributed by atoms with van der Waals surface area (Å²) in [5.74, 6) is -0.508. The van der Waals surface area contributed by atoms with Gasteiger partial charge in [0.1, 0.15) is 0 Å². The zero-order valence-electron chi connectivity index (χ0n) is 14.2. The number of benzene rings is 1. The van der Waals surface area contributed by atoms with Crippen molar-refractivity contribution in [2.24, 2.45) is 0 Å². The van der Waals surface area contributed by atoms with Gasteiger partial charge >= 0.3 is 0 Å². The van der Waals surface area contributed by atoms with E-state index >= 15 is 0 Å². The molecule has 0 saturated carbocycles. The van der Waals surface area contributed by atoms with E-state index in [1.165, 1.54) is 25.3 Å². The third-order valence-electron chi connectivity index (χ3n) is 3.88. The van der Waals surface area contributed by atoms with Crippen LogP contribution in [-0.4, -0.2) is 41.5 Å². The Hall–Kier alpha value is -2.25. The highest BCUT2D eigenvalue weighted by atomic mass is 32.1. The van der Waals surface area contributed by atoms with Crippen LogP contribution in [0, 0.1) is 0 Å². The topological polar surface area (TPSA) is 73.5 Å². The number of amides is 2. The van der Waals surface area contributed by atoms with E-state index in [9.17, 15) is 9.59 Å². The number of thiocarbonyl (C=S) groups is 1. The fourth-order valence-corrected chi connectivity index (χ4v) is 2.70. The van der Waals surface area contributed by atoms with Gasteiger partial charge in [-0.05, 0) is 49.8 Å². The fourth-order valence-electron chi connectivity index (χ4n) is 2.55. The van der Waals surface area contributed by atoms with E-state index < -0.39 is 0 Å². The van der Waals surface area contributed by atoms with Crippen molar-refractivity contribution < 1.29 is 9.59 Å². The average Bonchev–Trinajstić information content (AvgIpc) is 2.65. The van der Waals surface area contributed by atoms with Crippen LogP contribution in [0.1, 0.15) is 31.2 Å². The number of nitrogens with one attached hydrogen (secondary N) is 3. The van der Waals surface area contributed by atoms with Gasteiger partial charge in [-0.2, -0.15) is 0 Å². The molecule has 6 nitrogen and oxygen atoms in total. The Morgan fingerprint density at radius 3 is 2.52 bits per heavy atom. The Balaban J connectivity index is 1.61. The Morgan fingerprint density at radius 2 is 1.80 bits per heavy atom. The standard InChI is InChI=1S/C18H24N4O2S/c23-16(10-9-15-7-3-1-4-8-15)19-18(25)21-20-17(24)11-14-22-12-5-2-6-13-22/h1,3-4,7-10H,2,5-6,11-14H2,(H,20,24)(H2,19,21,23,25)/b10-9+. The molecule has 1 saturated heterocycles. The Morgan fingerprint density at radius 1 is 1.08 bits per heavy atom. The van der Waals surface area contributed by atoms with Gasteiger partial charge in [0.25, 0.3) is 0 Å². The van der Waals surface area contributed by atoms with Crippen molar-refractivity contribution in [3.63, 3.8) is 0 Å². The Bertz CT molecular complexity index is 613. The maximum absolute atomic E-state index is 11.8. The summed E-state index contributed by atoms with van der Waals surface area (Å²) in [4.78, 5) is 25.8. The third kappa shape index (κ3) is 7.91. The molecule has 1 aromatic rings. The van der Waals surface area contributed by atoms with Gasteiger partial charge in [-0.25, -0.2) is 0 Å². The van der Waals surface area contributed by atoms with Crippen LogP contribution in [0.4, 0.5) is 0 Å². The van der Waals surface area contributed by atoms with Crippen LogP contribution < -0.4 is 16.2 Å². The van der Waals surface area contributed by atoms with Gasteiger partial charge in [0.05, 0.1) is 0 Å². The van der Waals surface area contributed by atoms with Crippen molar-refractivity contribution >= 4 is 35.2 Å². The Kier molecular flexibility index (Phi) is 8.08. The van der Waals surface area contributed by atoms with Gasteiger partial charge in [-0.3, -0.25) is 25.8 Å². The molecule has 0 aromatic heterocycles. The zero-order valence-corrected chi connectivity index (χ0v) is 15.0. The normalized spacial score (nSPS) is 14.9. The molecule has 1 aromatic carbocycles. The van der Waals surface area contributed by atoms with Gasteiger partial charge in [0, 0.05) is 19.0 Å². The molecule has 7 heteroatoms. The number of rotatable bonds is 5. The van der Waals surface area contributed by atoms with Crippen LogP contribution in [-0.2, 0) is 9.59 Å². The number of nitrogens with zero attached hydrogens (tertiary/aromatic N) is 1. The lowest BCUT2D eigenvalue weighted by atomic mass is 10.1. The van der Waals surface area contributed by atoms with Gasteiger partial charge in [-0.15, -0.1) is 0 Å². The summed E-state index contributed by atoms with van der Waals surface area (Å²) >= 11 is 4.99. The molecule has 1 fully saturated rings. The summed E-state index contributed by atoms with van der Waals surface area (Å²) in [6.45, 7) is 2.86. The van der Waals surface area contributed by atoms with E-state index in [4.69, 9.17) is 12.2 Å². The number of carbonyl (C=O) groups is 2. The quantitative estimate of drug-likeness (QED) is 0.423. The molecule has 0 bridgehead atoms. The summed E-state index contributed by atoms with van der Waals surface area (Å²) in [6.07, 6.45) is 7.16. The first kappa shape index (κ1) is 19.1. The number of piperidine rings is 1. The van der Waals surface area contributed by atoms with Crippen LogP contribution in [0.3, 0.4) is 0 Å². The summed E-state index contributed by atoms with van der Waals surface area (Å²) in [6, 6.07) is 9.47. The van der Waals surface area contributed by atoms with Crippen LogP contribution in [0.2, 0.25) is 0 Å². The predicted molar refractivity (Wildman–Crippen MR) is 102 cm³/mol. The van der Waals surface area contributed by atoms with E-state index in [1.807, 2.05) is 30.3 Å². The van der Waals surface area contributed by atoms with E-state index in [-0.39, 0.29) is 16.9 Å². The van der Waals surface area contributed by atoms with Crippen LogP contribution >= 0.6 is 12.2 Å². The first-order chi connectivity index (χ1) is 12.1. The third-order valence-corrected chi connectivity index (χ3v) is 4.09. The summed E-state index contributed by atoms with van der Waals surface area (Å²) in [7, 11) is 0. The number of carbonyl (C=O) groups excluding carboxylic acids is 2. The lowest BCUT2D eigenvalue weighted by molar-refractivity contribution is -0.122. The maximum atomic E-state index is 11.8. The minimum absolute atomic E-state index is 0.0639. The zero-order chi connectivity index (χ0) is 17.9. The monoisotopic (exact) mass is 360 g/mol.